The highest BCUT2D eigenvalue weighted by Crippen LogP contribution is 2.17. The Morgan fingerprint density at radius 3 is 2.29 bits per heavy atom. The number of hydrogen-bond acceptors (Lipinski definition) is 3. The molecule has 3 aromatic rings. The Morgan fingerprint density at radius 1 is 0.833 bits per heavy atom. The summed E-state index contributed by atoms with van der Waals surface area (Å²) < 4.78 is 13.1. The molecular formula is C18H15FN4O. The van der Waals surface area contributed by atoms with Crippen molar-refractivity contribution in [1.82, 2.24) is 4.98 Å². The zero-order valence-corrected chi connectivity index (χ0v) is 12.7. The van der Waals surface area contributed by atoms with Crippen molar-refractivity contribution >= 4 is 28.9 Å². The van der Waals surface area contributed by atoms with E-state index >= 15 is 0 Å². The third-order valence-electron chi connectivity index (χ3n) is 3.15. The molecule has 1 aromatic heterocycles. The van der Waals surface area contributed by atoms with Gasteiger partial charge in [0, 0.05) is 11.4 Å². The van der Waals surface area contributed by atoms with Gasteiger partial charge < -0.3 is 16.0 Å². The van der Waals surface area contributed by atoms with Gasteiger partial charge in [0.05, 0.1) is 11.9 Å². The standard InChI is InChI=1S/C18H15FN4O/c19-13-5-4-8-15(11-13)21-17-10-9-16(12-20-17)23-18(24)22-14-6-2-1-3-7-14/h1-12H,(H,20,21)(H2,22,23,24). The largest absolute Gasteiger partial charge is 0.340 e. The number of nitrogens with one attached hydrogen (secondary N) is 3. The van der Waals surface area contributed by atoms with E-state index in [2.05, 4.69) is 20.9 Å². The van der Waals surface area contributed by atoms with Crippen LogP contribution < -0.4 is 16.0 Å². The maximum Gasteiger partial charge on any atom is 0.323 e. The topological polar surface area (TPSA) is 66.1 Å². The van der Waals surface area contributed by atoms with Crippen molar-refractivity contribution in [3.8, 4) is 0 Å². The lowest BCUT2D eigenvalue weighted by Gasteiger charge is -2.09. The Kier molecular flexibility index (Phi) is 4.67. The highest BCUT2D eigenvalue weighted by atomic mass is 19.1. The van der Waals surface area contributed by atoms with Crippen molar-refractivity contribution in [2.75, 3.05) is 16.0 Å². The minimum absolute atomic E-state index is 0.323. The first-order chi connectivity index (χ1) is 11.7. The molecule has 0 saturated heterocycles. The predicted octanol–water partition coefficient (Wildman–Crippen LogP) is 4.61. The van der Waals surface area contributed by atoms with Gasteiger partial charge in [-0.1, -0.05) is 24.3 Å². The third kappa shape index (κ3) is 4.30. The first kappa shape index (κ1) is 15.5. The average Bonchev–Trinajstić information content (AvgIpc) is 2.57. The lowest BCUT2D eigenvalue weighted by atomic mass is 10.3. The smallest absolute Gasteiger partial charge is 0.323 e. The first-order valence-corrected chi connectivity index (χ1v) is 7.31. The van der Waals surface area contributed by atoms with Crippen LogP contribution in [0.3, 0.4) is 0 Å². The molecule has 6 heteroatoms. The summed E-state index contributed by atoms with van der Waals surface area (Å²) in [5.74, 6) is 0.227. The monoisotopic (exact) mass is 322 g/mol. The van der Waals surface area contributed by atoms with Gasteiger partial charge in [-0.2, -0.15) is 0 Å². The van der Waals surface area contributed by atoms with Crippen LogP contribution in [0.4, 0.5) is 32.1 Å². The van der Waals surface area contributed by atoms with Crippen LogP contribution in [0.2, 0.25) is 0 Å². The summed E-state index contributed by atoms with van der Waals surface area (Å²) in [5, 5.41) is 8.39. The van der Waals surface area contributed by atoms with Crippen LogP contribution >= 0.6 is 0 Å². The van der Waals surface area contributed by atoms with Crippen LogP contribution in [0.15, 0.2) is 72.9 Å². The van der Waals surface area contributed by atoms with Gasteiger partial charge in [-0.15, -0.1) is 0 Å². The Labute approximate surface area is 138 Å². The van der Waals surface area contributed by atoms with E-state index in [0.29, 0.717) is 22.9 Å². The maximum atomic E-state index is 13.1. The zero-order valence-electron chi connectivity index (χ0n) is 12.7. The molecule has 3 N–H and O–H groups in total. The van der Waals surface area contributed by atoms with Crippen molar-refractivity contribution in [2.24, 2.45) is 0 Å². The van der Waals surface area contributed by atoms with Gasteiger partial charge in [-0.3, -0.25) is 0 Å². The summed E-state index contributed by atoms with van der Waals surface area (Å²) >= 11 is 0. The molecule has 0 aliphatic rings. The Bertz CT molecular complexity index is 822. The van der Waals surface area contributed by atoms with Crippen LogP contribution in [0.25, 0.3) is 0 Å². The van der Waals surface area contributed by atoms with Crippen LogP contribution in [0, 0.1) is 5.82 Å². The number of aromatic nitrogens is 1. The molecule has 0 unspecified atom stereocenters. The molecule has 0 fully saturated rings. The van der Waals surface area contributed by atoms with E-state index in [0.717, 1.165) is 0 Å². The number of carbonyl (C=O) groups excluding carboxylic acids is 1. The number of urea groups is 1. The fourth-order valence-electron chi connectivity index (χ4n) is 2.07. The van der Waals surface area contributed by atoms with Gasteiger partial charge >= 0.3 is 6.03 Å². The zero-order chi connectivity index (χ0) is 16.8. The molecule has 3 rings (SSSR count). The minimum Gasteiger partial charge on any atom is -0.340 e. The van der Waals surface area contributed by atoms with Gasteiger partial charge in [-0.05, 0) is 42.5 Å². The summed E-state index contributed by atoms with van der Waals surface area (Å²) in [7, 11) is 0. The molecule has 24 heavy (non-hydrogen) atoms. The highest BCUT2D eigenvalue weighted by molar-refractivity contribution is 5.99. The average molecular weight is 322 g/mol. The van der Waals surface area contributed by atoms with E-state index < -0.39 is 0 Å². The summed E-state index contributed by atoms with van der Waals surface area (Å²) in [6.07, 6.45) is 1.52. The second kappa shape index (κ2) is 7.23. The third-order valence-corrected chi connectivity index (χ3v) is 3.15. The maximum absolute atomic E-state index is 13.1. The van der Waals surface area contributed by atoms with Gasteiger partial charge in [-0.25, -0.2) is 14.2 Å². The van der Waals surface area contributed by atoms with E-state index in [1.54, 1.807) is 36.4 Å². The molecule has 2 amide bonds. The molecule has 1 heterocycles. The molecule has 0 bridgehead atoms. The number of hydrogen-bond donors (Lipinski definition) is 3. The Hall–Kier alpha value is -3.41. The number of anilines is 4. The number of para-hydroxylation sites is 1. The molecule has 120 valence electrons. The molecule has 5 nitrogen and oxygen atoms in total. The number of pyridine rings is 1. The van der Waals surface area contributed by atoms with Crippen molar-refractivity contribution in [3.63, 3.8) is 0 Å². The van der Waals surface area contributed by atoms with E-state index in [9.17, 15) is 9.18 Å². The number of halogens is 1. The van der Waals surface area contributed by atoms with E-state index in [1.807, 2.05) is 18.2 Å². The number of nitrogens with zero attached hydrogens (tertiary/aromatic N) is 1. The number of carbonyl (C=O) groups is 1. The van der Waals surface area contributed by atoms with Crippen molar-refractivity contribution in [2.45, 2.75) is 0 Å². The molecule has 0 aliphatic heterocycles. The van der Waals surface area contributed by atoms with E-state index in [1.165, 1.54) is 18.3 Å². The summed E-state index contributed by atoms with van der Waals surface area (Å²) in [4.78, 5) is 16.1. The normalized spacial score (nSPS) is 10.0. The summed E-state index contributed by atoms with van der Waals surface area (Å²) in [6, 6.07) is 18.3. The fourth-order valence-corrected chi connectivity index (χ4v) is 2.07. The SMILES string of the molecule is O=C(Nc1ccccc1)Nc1ccc(Nc2cccc(F)c2)nc1. The van der Waals surface area contributed by atoms with Gasteiger partial charge in [0.1, 0.15) is 11.6 Å². The lowest BCUT2D eigenvalue weighted by molar-refractivity contribution is 0.262. The first-order valence-electron chi connectivity index (χ1n) is 7.31. The van der Waals surface area contributed by atoms with E-state index in [4.69, 9.17) is 0 Å². The van der Waals surface area contributed by atoms with Crippen molar-refractivity contribution in [3.05, 3.63) is 78.7 Å². The molecule has 2 aromatic carbocycles. The van der Waals surface area contributed by atoms with Gasteiger partial charge in [0.2, 0.25) is 0 Å². The Balaban J connectivity index is 1.59. The molecule has 0 spiro atoms. The van der Waals surface area contributed by atoms with Crippen LogP contribution in [0.5, 0.6) is 0 Å². The van der Waals surface area contributed by atoms with Crippen LogP contribution in [-0.2, 0) is 0 Å². The lowest BCUT2D eigenvalue weighted by Crippen LogP contribution is -2.19. The summed E-state index contributed by atoms with van der Waals surface area (Å²) in [5.41, 5.74) is 1.85. The van der Waals surface area contributed by atoms with Crippen LogP contribution in [0.1, 0.15) is 0 Å². The fraction of sp³-hybridized carbons (Fsp3) is 0. The Morgan fingerprint density at radius 2 is 1.58 bits per heavy atom. The quantitative estimate of drug-likeness (QED) is 0.657. The van der Waals surface area contributed by atoms with Crippen molar-refractivity contribution in [1.29, 1.82) is 0 Å². The van der Waals surface area contributed by atoms with Gasteiger partial charge in [0.15, 0.2) is 0 Å². The van der Waals surface area contributed by atoms with E-state index in [-0.39, 0.29) is 11.8 Å². The molecule has 0 atom stereocenters. The molecule has 0 aliphatic carbocycles. The predicted molar refractivity (Wildman–Crippen MR) is 93.0 cm³/mol. The number of benzene rings is 2. The number of rotatable bonds is 4. The second-order valence-electron chi connectivity index (χ2n) is 5.01. The van der Waals surface area contributed by atoms with Crippen LogP contribution in [-0.4, -0.2) is 11.0 Å². The molecule has 0 saturated carbocycles. The second-order valence-corrected chi connectivity index (χ2v) is 5.01. The number of amides is 2. The van der Waals surface area contributed by atoms with Crippen molar-refractivity contribution < 1.29 is 9.18 Å². The summed E-state index contributed by atoms with van der Waals surface area (Å²) in [6.45, 7) is 0. The minimum atomic E-state index is -0.353. The molecule has 0 radical (unpaired) electrons. The van der Waals surface area contributed by atoms with Gasteiger partial charge in [0.25, 0.3) is 0 Å². The highest BCUT2D eigenvalue weighted by Gasteiger charge is 2.03. The molecular weight excluding hydrogens is 307 g/mol.